The van der Waals surface area contributed by atoms with Gasteiger partial charge in [-0.1, -0.05) is 0 Å². The van der Waals surface area contributed by atoms with Crippen LogP contribution >= 0.6 is 0 Å². The van der Waals surface area contributed by atoms with Crippen LogP contribution in [0.15, 0.2) is 15.8 Å². The molecule has 2 heterocycles. The van der Waals surface area contributed by atoms with Crippen LogP contribution in [0.2, 0.25) is 0 Å². The summed E-state index contributed by atoms with van der Waals surface area (Å²) >= 11 is 0. The number of aromatic amines is 1. The molecular formula is C13H18N2O6. The Hall–Kier alpha value is -1.93. The van der Waals surface area contributed by atoms with E-state index in [1.807, 2.05) is 0 Å². The Bertz CT molecular complexity index is 634. The quantitative estimate of drug-likeness (QED) is 0.711. The van der Waals surface area contributed by atoms with Gasteiger partial charge in [0.15, 0.2) is 0 Å². The van der Waals surface area contributed by atoms with E-state index >= 15 is 0 Å². The summed E-state index contributed by atoms with van der Waals surface area (Å²) in [6, 6.07) is 0. The van der Waals surface area contributed by atoms with E-state index in [2.05, 4.69) is 4.98 Å². The van der Waals surface area contributed by atoms with Gasteiger partial charge in [-0.05, 0) is 6.92 Å². The van der Waals surface area contributed by atoms with E-state index in [9.17, 15) is 19.5 Å². The second-order valence-corrected chi connectivity index (χ2v) is 5.09. The van der Waals surface area contributed by atoms with Crippen LogP contribution in [0.5, 0.6) is 0 Å². The third-order valence-corrected chi connectivity index (χ3v) is 3.50. The number of H-pyrrole nitrogens is 1. The summed E-state index contributed by atoms with van der Waals surface area (Å²) < 4.78 is 11.8. The summed E-state index contributed by atoms with van der Waals surface area (Å²) in [5.41, 5.74) is -0.618. The van der Waals surface area contributed by atoms with Crippen molar-refractivity contribution in [3.63, 3.8) is 0 Å². The number of aryl methyl sites for hydroxylation is 1. The summed E-state index contributed by atoms with van der Waals surface area (Å²) in [6.45, 7) is 2.77. The van der Waals surface area contributed by atoms with Gasteiger partial charge in [0.05, 0.1) is 19.3 Å². The number of esters is 1. The average molecular weight is 298 g/mol. The van der Waals surface area contributed by atoms with Gasteiger partial charge >= 0.3 is 11.7 Å². The highest BCUT2D eigenvalue weighted by Gasteiger charge is 2.37. The van der Waals surface area contributed by atoms with Crippen molar-refractivity contribution in [2.24, 2.45) is 5.92 Å². The molecule has 0 amide bonds. The smallest absolute Gasteiger partial charge is 0.330 e. The molecule has 0 aliphatic carbocycles. The topological polar surface area (TPSA) is 111 Å². The third kappa shape index (κ3) is 3.40. The Morgan fingerprint density at radius 1 is 1.57 bits per heavy atom. The molecule has 116 valence electrons. The van der Waals surface area contributed by atoms with Gasteiger partial charge in [-0.2, -0.15) is 0 Å². The predicted octanol–water partition coefficient (Wildman–Crippen LogP) is -0.696. The van der Waals surface area contributed by atoms with Gasteiger partial charge < -0.3 is 14.6 Å². The SMILES string of the molecule is CC(=O)OC[C@H]1C[C@H](n2cc(C)c(=O)[nH]c2=O)O[C@@H]1CO. The zero-order valence-corrected chi connectivity index (χ0v) is 11.9. The van der Waals surface area contributed by atoms with Crippen molar-refractivity contribution < 1.29 is 19.4 Å². The van der Waals surface area contributed by atoms with E-state index in [1.165, 1.54) is 17.7 Å². The maximum absolute atomic E-state index is 11.8. The van der Waals surface area contributed by atoms with E-state index in [-0.39, 0.29) is 19.1 Å². The molecule has 0 saturated carbocycles. The second kappa shape index (κ2) is 6.23. The minimum Gasteiger partial charge on any atom is -0.465 e. The molecule has 1 saturated heterocycles. The fourth-order valence-electron chi connectivity index (χ4n) is 2.35. The lowest BCUT2D eigenvalue weighted by atomic mass is 10.0. The number of carbonyl (C=O) groups excluding carboxylic acids is 1. The minimum atomic E-state index is -0.606. The van der Waals surface area contributed by atoms with Gasteiger partial charge in [0.25, 0.3) is 5.56 Å². The molecule has 2 rings (SSSR count). The van der Waals surface area contributed by atoms with Gasteiger partial charge in [0.2, 0.25) is 0 Å². The van der Waals surface area contributed by atoms with Crippen LogP contribution in [0.1, 0.15) is 25.1 Å². The standard InChI is InChI=1S/C13H18N2O6/c1-7-4-15(13(19)14-12(7)18)11-3-9(6-20-8(2)17)10(5-16)21-11/h4,9-11,16H,3,5-6H2,1-2H3,(H,14,18,19)/t9-,10-,11-/m1/s1. The number of aromatic nitrogens is 2. The molecular weight excluding hydrogens is 280 g/mol. The number of nitrogens with zero attached hydrogens (tertiary/aromatic N) is 1. The Morgan fingerprint density at radius 3 is 2.90 bits per heavy atom. The van der Waals surface area contributed by atoms with Crippen LogP contribution in [-0.2, 0) is 14.3 Å². The zero-order chi connectivity index (χ0) is 15.6. The van der Waals surface area contributed by atoms with Crippen molar-refractivity contribution in [2.45, 2.75) is 32.6 Å². The molecule has 3 atom stereocenters. The zero-order valence-electron chi connectivity index (χ0n) is 11.9. The normalized spacial score (nSPS) is 25.0. The lowest BCUT2D eigenvalue weighted by Gasteiger charge is -2.15. The molecule has 0 spiro atoms. The number of nitrogens with one attached hydrogen (secondary N) is 1. The number of aliphatic hydroxyl groups is 1. The molecule has 0 radical (unpaired) electrons. The Labute approximate surface area is 120 Å². The third-order valence-electron chi connectivity index (χ3n) is 3.50. The first-order chi connectivity index (χ1) is 9.92. The largest absolute Gasteiger partial charge is 0.465 e. The van der Waals surface area contributed by atoms with Crippen molar-refractivity contribution in [2.75, 3.05) is 13.2 Å². The van der Waals surface area contributed by atoms with Gasteiger partial charge in [0, 0.05) is 31.0 Å². The predicted molar refractivity (Wildman–Crippen MR) is 71.8 cm³/mol. The molecule has 0 aromatic carbocycles. The van der Waals surface area contributed by atoms with E-state index in [4.69, 9.17) is 9.47 Å². The Balaban J connectivity index is 2.19. The number of aliphatic hydroxyl groups excluding tert-OH is 1. The van der Waals surface area contributed by atoms with Crippen LogP contribution in [0, 0.1) is 12.8 Å². The second-order valence-electron chi connectivity index (χ2n) is 5.09. The maximum Gasteiger partial charge on any atom is 0.330 e. The monoisotopic (exact) mass is 298 g/mol. The van der Waals surface area contributed by atoms with E-state index in [1.54, 1.807) is 6.92 Å². The van der Waals surface area contributed by atoms with Crippen molar-refractivity contribution in [3.05, 3.63) is 32.6 Å². The van der Waals surface area contributed by atoms with Crippen molar-refractivity contribution in [3.8, 4) is 0 Å². The van der Waals surface area contributed by atoms with Crippen LogP contribution in [-0.4, -0.2) is 39.9 Å². The fourth-order valence-corrected chi connectivity index (χ4v) is 2.35. The van der Waals surface area contributed by atoms with E-state index in [0.717, 1.165) is 0 Å². The highest BCUT2D eigenvalue weighted by molar-refractivity contribution is 5.65. The highest BCUT2D eigenvalue weighted by Crippen LogP contribution is 2.32. The molecule has 21 heavy (non-hydrogen) atoms. The molecule has 1 aromatic heterocycles. The van der Waals surface area contributed by atoms with Crippen LogP contribution in [0.25, 0.3) is 0 Å². The molecule has 1 aromatic rings. The number of carbonyl (C=O) groups is 1. The number of hydrogen-bond donors (Lipinski definition) is 2. The average Bonchev–Trinajstić information content (AvgIpc) is 2.83. The van der Waals surface area contributed by atoms with Crippen molar-refractivity contribution >= 4 is 5.97 Å². The summed E-state index contributed by atoms with van der Waals surface area (Å²) in [6.07, 6.45) is 0.706. The Morgan fingerprint density at radius 2 is 2.29 bits per heavy atom. The number of ether oxygens (including phenoxy) is 2. The molecule has 8 nitrogen and oxygen atoms in total. The minimum absolute atomic E-state index is 0.119. The summed E-state index contributed by atoms with van der Waals surface area (Å²) in [4.78, 5) is 36.3. The molecule has 2 N–H and O–H groups in total. The molecule has 1 fully saturated rings. The van der Waals surface area contributed by atoms with Crippen LogP contribution < -0.4 is 11.2 Å². The maximum atomic E-state index is 11.8. The molecule has 0 bridgehead atoms. The van der Waals surface area contributed by atoms with E-state index < -0.39 is 29.6 Å². The van der Waals surface area contributed by atoms with Gasteiger partial charge in [-0.15, -0.1) is 0 Å². The molecule has 1 aliphatic heterocycles. The van der Waals surface area contributed by atoms with Crippen LogP contribution in [0.3, 0.4) is 0 Å². The highest BCUT2D eigenvalue weighted by atomic mass is 16.5. The van der Waals surface area contributed by atoms with Gasteiger partial charge in [-0.3, -0.25) is 19.1 Å². The van der Waals surface area contributed by atoms with Gasteiger partial charge in [0.1, 0.15) is 6.23 Å². The van der Waals surface area contributed by atoms with E-state index in [0.29, 0.717) is 12.0 Å². The summed E-state index contributed by atoms with van der Waals surface area (Å²) in [5.74, 6) is -0.616. The summed E-state index contributed by atoms with van der Waals surface area (Å²) in [5, 5.41) is 9.32. The first kappa shape index (κ1) is 15.5. The Kier molecular flexibility index (Phi) is 4.59. The number of rotatable bonds is 4. The molecule has 1 aliphatic rings. The lowest BCUT2D eigenvalue weighted by molar-refractivity contribution is -0.143. The molecule has 0 unspecified atom stereocenters. The first-order valence-corrected chi connectivity index (χ1v) is 6.64. The van der Waals surface area contributed by atoms with Crippen molar-refractivity contribution in [1.29, 1.82) is 0 Å². The van der Waals surface area contributed by atoms with Gasteiger partial charge in [-0.25, -0.2) is 4.79 Å². The lowest BCUT2D eigenvalue weighted by Crippen LogP contribution is -2.33. The molecule has 8 heteroatoms. The fraction of sp³-hybridized carbons (Fsp3) is 0.615. The first-order valence-electron chi connectivity index (χ1n) is 6.64. The van der Waals surface area contributed by atoms with Crippen molar-refractivity contribution in [1.82, 2.24) is 9.55 Å². The number of hydrogen-bond acceptors (Lipinski definition) is 6. The summed E-state index contributed by atoms with van der Waals surface area (Å²) in [7, 11) is 0. The van der Waals surface area contributed by atoms with Crippen LogP contribution in [0.4, 0.5) is 0 Å².